The molecule has 0 N–H and O–H groups in total. The van der Waals surface area contributed by atoms with Gasteiger partial charge in [-0.1, -0.05) is 110 Å². The Morgan fingerprint density at radius 2 is 0.939 bits per heavy atom. The molecule has 0 amide bonds. The molecule has 0 aliphatic heterocycles. The fourth-order valence-corrected chi connectivity index (χ4v) is 3.73. The van der Waals surface area contributed by atoms with Crippen LogP contribution in [-0.2, 0) is 15.9 Å². The molecule has 0 radical (unpaired) electrons. The predicted molar refractivity (Wildman–Crippen MR) is 146 cm³/mol. The number of halogens is 2. The Labute approximate surface area is 218 Å². The van der Waals surface area contributed by atoms with Crippen LogP contribution in [0.3, 0.4) is 0 Å². The molecule has 0 aromatic heterocycles. The molecule has 5 heteroatoms. The van der Waals surface area contributed by atoms with Gasteiger partial charge in [0, 0.05) is 5.69 Å². The number of benzene rings is 2. The van der Waals surface area contributed by atoms with E-state index in [2.05, 4.69) is 98.7 Å². The summed E-state index contributed by atoms with van der Waals surface area (Å²) in [5.74, 6) is 1.63. The van der Waals surface area contributed by atoms with Gasteiger partial charge in [-0.15, -0.1) is 0 Å². The van der Waals surface area contributed by atoms with Crippen molar-refractivity contribution in [1.82, 2.24) is 0 Å². The van der Waals surface area contributed by atoms with Crippen LogP contribution < -0.4 is 0 Å². The molecular formula is C28H39Cl2N2Pd-. The average molecular weight is 581 g/mol. The minimum atomic E-state index is -0.106. The quantitative estimate of drug-likeness (QED) is 0.177. The van der Waals surface area contributed by atoms with Crippen LogP contribution in [0.15, 0.2) is 46.4 Å². The van der Waals surface area contributed by atoms with Crippen molar-refractivity contribution < 1.29 is 15.9 Å². The Balaban J connectivity index is 0.00000172. The van der Waals surface area contributed by atoms with Crippen LogP contribution in [0.2, 0.25) is 0 Å². The first-order valence-electron chi connectivity index (χ1n) is 11.5. The first-order chi connectivity index (χ1) is 15.5. The van der Waals surface area contributed by atoms with Gasteiger partial charge in [-0.2, -0.15) is 0 Å². The molecular weight excluding hydrogens is 542 g/mol. The van der Waals surface area contributed by atoms with Gasteiger partial charge in [0.2, 0.25) is 0 Å². The van der Waals surface area contributed by atoms with E-state index >= 15 is 0 Å². The second-order valence-electron chi connectivity index (χ2n) is 9.49. The van der Waals surface area contributed by atoms with Gasteiger partial charge in [0.05, 0.1) is 5.69 Å². The van der Waals surface area contributed by atoms with Gasteiger partial charge in [0.25, 0.3) is 0 Å². The molecule has 0 bridgehead atoms. The number of hydrogen-bond donors (Lipinski definition) is 0. The van der Waals surface area contributed by atoms with Crippen LogP contribution in [0, 0.1) is 6.92 Å². The van der Waals surface area contributed by atoms with Gasteiger partial charge >= 0.3 is 35.0 Å². The first-order valence-corrected chi connectivity index (χ1v) is 15.5. The molecule has 2 rings (SSSR count). The molecule has 0 spiro atoms. The van der Waals surface area contributed by atoms with Crippen molar-refractivity contribution in [3.8, 4) is 0 Å². The number of hydrogen-bond acceptors (Lipinski definition) is 2. The Morgan fingerprint density at radius 1 is 0.667 bits per heavy atom. The van der Waals surface area contributed by atoms with Crippen molar-refractivity contribution in [3.05, 3.63) is 65.6 Å². The SMILES string of the molecule is [CH2-]C(=Nc1c(C(C)C)cccc1C(C)C)C(C)=Nc1c(C(C)C)cccc1C(C)C.[Cl][Pd][Cl]. The molecule has 0 atom stereocenters. The molecule has 33 heavy (non-hydrogen) atoms. The van der Waals surface area contributed by atoms with Crippen LogP contribution in [0.25, 0.3) is 0 Å². The summed E-state index contributed by atoms with van der Waals surface area (Å²) in [6.07, 6.45) is 0. The molecule has 0 saturated carbocycles. The summed E-state index contributed by atoms with van der Waals surface area (Å²) in [7, 11) is 9.63. The van der Waals surface area contributed by atoms with Crippen molar-refractivity contribution in [2.45, 2.75) is 86.0 Å². The van der Waals surface area contributed by atoms with Crippen molar-refractivity contribution in [2.24, 2.45) is 9.98 Å². The van der Waals surface area contributed by atoms with E-state index in [1.165, 1.54) is 22.3 Å². The number of para-hydroxylation sites is 2. The van der Waals surface area contributed by atoms with Crippen molar-refractivity contribution in [1.29, 1.82) is 0 Å². The zero-order valence-corrected chi connectivity index (χ0v) is 24.5. The Hall–Kier alpha value is -1.11. The fraction of sp³-hybridized carbons (Fsp3) is 0.464. The number of rotatable bonds is 7. The summed E-state index contributed by atoms with van der Waals surface area (Å²) < 4.78 is 0. The summed E-state index contributed by atoms with van der Waals surface area (Å²) in [4.78, 5) is 10.1. The van der Waals surface area contributed by atoms with E-state index < -0.39 is 0 Å². The van der Waals surface area contributed by atoms with Gasteiger partial charge in [0.1, 0.15) is 0 Å². The van der Waals surface area contributed by atoms with Gasteiger partial charge in [-0.3, -0.25) is 4.99 Å². The van der Waals surface area contributed by atoms with E-state index in [1.54, 1.807) is 0 Å². The second-order valence-corrected chi connectivity index (χ2v) is 11.9. The van der Waals surface area contributed by atoms with Crippen molar-refractivity contribution >= 4 is 41.9 Å². The van der Waals surface area contributed by atoms with Crippen LogP contribution >= 0.6 is 19.1 Å². The van der Waals surface area contributed by atoms with E-state index in [9.17, 15) is 0 Å². The third-order valence-corrected chi connectivity index (χ3v) is 5.63. The van der Waals surface area contributed by atoms with Crippen LogP contribution in [-0.4, -0.2) is 11.4 Å². The molecule has 2 aromatic carbocycles. The summed E-state index contributed by atoms with van der Waals surface area (Å²) in [6.45, 7) is 24.1. The topological polar surface area (TPSA) is 24.7 Å². The molecule has 0 fully saturated rings. The molecule has 0 aliphatic rings. The maximum atomic E-state index is 5.07. The van der Waals surface area contributed by atoms with Crippen LogP contribution in [0.4, 0.5) is 11.4 Å². The zero-order valence-electron chi connectivity index (χ0n) is 21.4. The number of nitrogens with zero attached hydrogens (tertiary/aromatic N) is 2. The van der Waals surface area contributed by atoms with E-state index in [-0.39, 0.29) is 15.9 Å². The summed E-state index contributed by atoms with van der Waals surface area (Å²) in [5, 5.41) is 0. The summed E-state index contributed by atoms with van der Waals surface area (Å²) in [5.41, 5.74) is 8.83. The van der Waals surface area contributed by atoms with Crippen molar-refractivity contribution in [3.63, 3.8) is 0 Å². The zero-order chi connectivity index (χ0) is 25.3. The fourth-order valence-electron chi connectivity index (χ4n) is 3.73. The standard InChI is InChI=1S/C28H39N2.2ClH.Pd/c1-17(2)23-13-11-14-24(18(3)4)27(23)29-21(9)22(10)30-28-25(19(5)6)15-12-16-26(28)20(7)8;;;/h11-20H,9H2,1-8,10H3;2*1H;/q-1;;;+2/p-2. The monoisotopic (exact) mass is 579 g/mol. The van der Waals surface area contributed by atoms with Crippen molar-refractivity contribution in [2.75, 3.05) is 0 Å². The average Bonchev–Trinajstić information content (AvgIpc) is 2.73. The predicted octanol–water partition coefficient (Wildman–Crippen LogP) is 10.3. The van der Waals surface area contributed by atoms with Gasteiger partial charge in [0.15, 0.2) is 0 Å². The van der Waals surface area contributed by atoms with E-state index in [0.29, 0.717) is 23.7 Å². The Morgan fingerprint density at radius 3 is 1.21 bits per heavy atom. The summed E-state index contributed by atoms with van der Waals surface area (Å²) >= 11 is -0.106. The molecule has 0 saturated heterocycles. The van der Waals surface area contributed by atoms with E-state index in [1.807, 2.05) is 6.92 Å². The van der Waals surface area contributed by atoms with Gasteiger partial charge in [-0.25, -0.2) is 6.92 Å². The first kappa shape index (κ1) is 29.9. The Bertz CT molecular complexity index is 830. The maximum absolute atomic E-state index is 5.07. The molecule has 2 nitrogen and oxygen atoms in total. The van der Waals surface area contributed by atoms with Crippen LogP contribution in [0.5, 0.6) is 0 Å². The second kappa shape index (κ2) is 14.3. The summed E-state index contributed by atoms with van der Waals surface area (Å²) in [6, 6.07) is 13.0. The minimum absolute atomic E-state index is 0.106. The molecule has 2 aromatic rings. The third-order valence-electron chi connectivity index (χ3n) is 5.63. The molecule has 0 unspecified atom stereocenters. The number of aliphatic imine (C=N–C) groups is 2. The third kappa shape index (κ3) is 8.56. The van der Waals surface area contributed by atoms with Gasteiger partial charge < -0.3 is 4.99 Å². The molecule has 186 valence electrons. The van der Waals surface area contributed by atoms with E-state index in [0.717, 1.165) is 22.8 Å². The molecule has 0 aliphatic carbocycles. The van der Waals surface area contributed by atoms with Gasteiger partial charge in [-0.05, 0) is 45.9 Å². The van der Waals surface area contributed by atoms with Crippen LogP contribution in [0.1, 0.15) is 108 Å². The Kier molecular flexibility index (Phi) is 13.0. The normalized spacial score (nSPS) is 12.7. The van der Waals surface area contributed by atoms with E-state index in [4.69, 9.17) is 29.0 Å². The molecule has 0 heterocycles.